The minimum atomic E-state index is -0.299. The lowest BCUT2D eigenvalue weighted by atomic mass is 10.1. The minimum absolute atomic E-state index is 0.146. The van der Waals surface area contributed by atoms with Gasteiger partial charge in [-0.2, -0.15) is 10.5 Å². The first kappa shape index (κ1) is 30.8. The Morgan fingerprint density at radius 3 is 1.80 bits per heavy atom. The van der Waals surface area contributed by atoms with Gasteiger partial charge in [-0.05, 0) is 53.9 Å². The molecule has 0 saturated carbocycles. The molecule has 0 aliphatic carbocycles. The summed E-state index contributed by atoms with van der Waals surface area (Å²) in [6.07, 6.45) is 1.72. The molecule has 4 aromatic rings. The number of anilines is 1. The molecule has 0 aliphatic rings. The van der Waals surface area contributed by atoms with E-state index in [-0.39, 0.29) is 16.9 Å². The molecule has 204 valence electrons. The van der Waals surface area contributed by atoms with Crippen LogP contribution in [0.4, 0.5) is 5.82 Å². The molecule has 2 aromatic carbocycles. The average Bonchev–Trinajstić information content (AvgIpc) is 2.92. The van der Waals surface area contributed by atoms with Crippen LogP contribution < -0.4 is 16.9 Å². The van der Waals surface area contributed by atoms with Gasteiger partial charge in [-0.1, -0.05) is 60.1 Å². The molecule has 0 atom stereocenters. The van der Waals surface area contributed by atoms with Gasteiger partial charge in [0.25, 0.3) is 11.1 Å². The van der Waals surface area contributed by atoms with Crippen LogP contribution in [-0.4, -0.2) is 19.9 Å². The molecule has 0 bridgehead atoms. The third kappa shape index (κ3) is 9.47. The lowest BCUT2D eigenvalue weighted by Gasteiger charge is -2.05. The Morgan fingerprint density at radius 2 is 1.32 bits per heavy atom. The highest BCUT2D eigenvalue weighted by molar-refractivity contribution is 7.98. The first-order chi connectivity index (χ1) is 19.2. The van der Waals surface area contributed by atoms with E-state index in [0.29, 0.717) is 43.0 Å². The molecule has 0 radical (unpaired) electrons. The van der Waals surface area contributed by atoms with Crippen molar-refractivity contribution in [3.63, 3.8) is 0 Å². The fourth-order valence-corrected chi connectivity index (χ4v) is 5.55. The monoisotopic (exact) mass is 611 g/mol. The Hall–Kier alpha value is -3.74. The molecule has 0 amide bonds. The second-order valence-electron chi connectivity index (χ2n) is 8.18. The van der Waals surface area contributed by atoms with Crippen LogP contribution in [0.2, 0.25) is 10.0 Å². The van der Waals surface area contributed by atoms with Gasteiger partial charge in [0, 0.05) is 39.4 Å². The lowest BCUT2D eigenvalue weighted by Crippen LogP contribution is -2.10. The van der Waals surface area contributed by atoms with Gasteiger partial charge >= 0.3 is 0 Å². The van der Waals surface area contributed by atoms with Crippen LogP contribution in [0.25, 0.3) is 0 Å². The highest BCUT2D eigenvalue weighted by atomic mass is 35.5. The normalized spacial score (nSPS) is 10.2. The minimum Gasteiger partial charge on any atom is -0.383 e. The Kier molecular flexibility index (Phi) is 11.7. The topological polar surface area (TPSA) is 165 Å². The molecule has 2 aromatic heterocycles. The summed E-state index contributed by atoms with van der Waals surface area (Å²) in [5, 5.41) is 19.9. The lowest BCUT2D eigenvalue weighted by molar-refractivity contribution is 0.816. The Bertz CT molecular complexity index is 1690. The van der Waals surface area contributed by atoms with Crippen molar-refractivity contribution >= 4 is 52.5 Å². The first-order valence-corrected chi connectivity index (χ1v) is 14.5. The third-order valence-electron chi connectivity index (χ3n) is 5.10. The maximum Gasteiger partial charge on any atom is 0.253 e. The number of nitrogens with two attached hydrogens (primary N) is 1. The maximum absolute atomic E-state index is 11.6. The van der Waals surface area contributed by atoms with E-state index in [1.165, 1.54) is 35.7 Å². The summed E-state index contributed by atoms with van der Waals surface area (Å²) in [5.74, 6) is 1.20. The number of benzene rings is 2. The summed E-state index contributed by atoms with van der Waals surface area (Å²) in [4.78, 5) is 36.5. The van der Waals surface area contributed by atoms with Crippen molar-refractivity contribution in [2.45, 2.75) is 41.6 Å². The van der Waals surface area contributed by atoms with E-state index in [4.69, 9.17) is 39.5 Å². The third-order valence-corrected chi connectivity index (χ3v) is 7.68. The zero-order valence-corrected chi connectivity index (χ0v) is 24.3. The predicted octanol–water partition coefficient (Wildman–Crippen LogP) is 5.71. The number of nitrogen functional groups attached to an aromatic ring is 1. The highest BCUT2D eigenvalue weighted by Gasteiger charge is 2.07. The number of nitriles is 2. The van der Waals surface area contributed by atoms with E-state index >= 15 is 0 Å². The van der Waals surface area contributed by atoms with Gasteiger partial charge in [-0.15, -0.1) is 0 Å². The van der Waals surface area contributed by atoms with Gasteiger partial charge in [0.05, 0.1) is 23.3 Å². The van der Waals surface area contributed by atoms with Crippen LogP contribution in [0.15, 0.2) is 68.4 Å². The largest absolute Gasteiger partial charge is 0.383 e. The van der Waals surface area contributed by atoms with Crippen molar-refractivity contribution in [3.8, 4) is 12.1 Å². The zero-order valence-electron chi connectivity index (χ0n) is 21.2. The van der Waals surface area contributed by atoms with Crippen LogP contribution in [-0.2, 0) is 17.9 Å². The van der Waals surface area contributed by atoms with Crippen LogP contribution in [0, 0.1) is 22.7 Å². The number of aryl methyl sites for hydroxylation is 1. The Labute approximate surface area is 248 Å². The second kappa shape index (κ2) is 15.2. The number of rotatable bonds is 8. The Balaban J connectivity index is 0.000000222. The number of aromatic amines is 2. The van der Waals surface area contributed by atoms with Crippen LogP contribution in [0.5, 0.6) is 0 Å². The fourth-order valence-electron chi connectivity index (χ4n) is 3.26. The average molecular weight is 613 g/mol. The zero-order chi connectivity index (χ0) is 29.1. The SMILES string of the molecule is CCCc1cc(=O)[nH]c(SCc2cc(C#N)ccc2Cl)n1.N#Cc1ccc(Cl)c(CSc2nc(N)cc(=O)[nH]2)c1. The quantitative estimate of drug-likeness (QED) is 0.167. The summed E-state index contributed by atoms with van der Waals surface area (Å²) >= 11 is 14.9. The molecule has 0 fully saturated rings. The van der Waals surface area contributed by atoms with E-state index in [0.717, 1.165) is 29.7 Å². The molecule has 0 spiro atoms. The number of hydrogen-bond donors (Lipinski definition) is 3. The van der Waals surface area contributed by atoms with Gasteiger partial charge in [0.2, 0.25) is 0 Å². The van der Waals surface area contributed by atoms with Crippen molar-refractivity contribution in [3.05, 3.63) is 107 Å². The summed E-state index contributed by atoms with van der Waals surface area (Å²) in [7, 11) is 0. The molecule has 0 saturated heterocycles. The second-order valence-corrected chi connectivity index (χ2v) is 10.9. The molecular formula is C27H23Cl2N7O2S2. The Morgan fingerprint density at radius 1 is 0.825 bits per heavy atom. The number of H-pyrrole nitrogens is 2. The van der Waals surface area contributed by atoms with Gasteiger partial charge in [0.1, 0.15) is 5.82 Å². The summed E-state index contributed by atoms with van der Waals surface area (Å²) in [6.45, 7) is 2.04. The summed E-state index contributed by atoms with van der Waals surface area (Å²) in [6, 6.07) is 17.0. The fraction of sp³-hybridized carbons (Fsp3) is 0.185. The summed E-state index contributed by atoms with van der Waals surface area (Å²) < 4.78 is 0. The van der Waals surface area contributed by atoms with Crippen LogP contribution in [0.3, 0.4) is 0 Å². The molecule has 13 heteroatoms. The van der Waals surface area contributed by atoms with Crippen molar-refractivity contribution in [1.82, 2.24) is 19.9 Å². The molecular weight excluding hydrogens is 589 g/mol. The van der Waals surface area contributed by atoms with Crippen LogP contribution >= 0.6 is 46.7 Å². The van der Waals surface area contributed by atoms with Gasteiger partial charge in [0.15, 0.2) is 10.3 Å². The molecule has 9 nitrogen and oxygen atoms in total. The molecule has 4 rings (SSSR count). The van der Waals surface area contributed by atoms with Gasteiger partial charge < -0.3 is 15.7 Å². The molecule has 0 aliphatic heterocycles. The molecule has 0 unspecified atom stereocenters. The molecule has 4 N–H and O–H groups in total. The van der Waals surface area contributed by atoms with E-state index in [1.54, 1.807) is 36.4 Å². The molecule has 2 heterocycles. The summed E-state index contributed by atoms with van der Waals surface area (Å²) in [5.41, 5.74) is 8.59. The maximum atomic E-state index is 11.6. The number of halogens is 2. The van der Waals surface area contributed by atoms with Crippen molar-refractivity contribution < 1.29 is 0 Å². The number of thioether (sulfide) groups is 2. The van der Waals surface area contributed by atoms with Gasteiger partial charge in [-0.25, -0.2) is 9.97 Å². The highest BCUT2D eigenvalue weighted by Crippen LogP contribution is 2.26. The number of nitrogens with one attached hydrogen (secondary N) is 2. The smallest absolute Gasteiger partial charge is 0.253 e. The van der Waals surface area contributed by atoms with Crippen molar-refractivity contribution in [2.75, 3.05) is 5.73 Å². The number of nitrogens with zero attached hydrogens (tertiary/aromatic N) is 4. The van der Waals surface area contributed by atoms with E-state index in [2.05, 4.69) is 26.0 Å². The van der Waals surface area contributed by atoms with E-state index in [9.17, 15) is 9.59 Å². The van der Waals surface area contributed by atoms with Crippen molar-refractivity contribution in [2.24, 2.45) is 0 Å². The van der Waals surface area contributed by atoms with Crippen LogP contribution in [0.1, 0.15) is 41.3 Å². The number of aromatic nitrogens is 4. The standard InChI is InChI=1S/C15H14ClN3OS.C12H9ClN4OS/c1-2-3-12-7-14(20)19-15(18-12)21-9-11-6-10(8-17)4-5-13(11)16;13-9-2-1-7(5-14)3-8(9)6-19-12-16-10(15)4-11(18)17-12/h4-7H,2-3,9H2,1H3,(H,18,19,20);1-4H,6H2,(H3,15,16,17,18). The molecule has 40 heavy (non-hydrogen) atoms. The predicted molar refractivity (Wildman–Crippen MR) is 160 cm³/mol. The first-order valence-electron chi connectivity index (χ1n) is 11.8. The van der Waals surface area contributed by atoms with Crippen molar-refractivity contribution in [1.29, 1.82) is 10.5 Å². The van der Waals surface area contributed by atoms with Gasteiger partial charge in [-0.3, -0.25) is 9.59 Å². The van der Waals surface area contributed by atoms with E-state index < -0.39 is 0 Å². The van der Waals surface area contributed by atoms with E-state index in [1.807, 2.05) is 13.0 Å². The number of hydrogen-bond acceptors (Lipinski definition) is 9.